The van der Waals surface area contributed by atoms with Gasteiger partial charge in [-0.3, -0.25) is 14.9 Å². The second-order valence-corrected chi connectivity index (χ2v) is 5.36. The second-order valence-electron chi connectivity index (χ2n) is 4.96. The van der Waals surface area contributed by atoms with E-state index < -0.39 is 4.92 Å². The first-order valence-electron chi connectivity index (χ1n) is 6.53. The van der Waals surface area contributed by atoms with Crippen molar-refractivity contribution in [2.24, 2.45) is 0 Å². The van der Waals surface area contributed by atoms with Crippen LogP contribution in [0.5, 0.6) is 0 Å². The smallest absolute Gasteiger partial charge is 0.294 e. The summed E-state index contributed by atoms with van der Waals surface area (Å²) in [5, 5.41) is 13.8. The molecule has 3 N–H and O–H groups in total. The van der Waals surface area contributed by atoms with E-state index in [4.69, 9.17) is 17.3 Å². The molecule has 0 saturated heterocycles. The summed E-state index contributed by atoms with van der Waals surface area (Å²) >= 11 is 5.84. The van der Waals surface area contributed by atoms with Crippen molar-refractivity contribution in [2.45, 2.75) is 38.1 Å². The lowest BCUT2D eigenvalue weighted by Crippen LogP contribution is -2.36. The molecule has 108 valence electrons. The van der Waals surface area contributed by atoms with Crippen LogP contribution in [0.4, 0.5) is 11.4 Å². The Bertz CT molecular complexity index is 542. The molecule has 1 fully saturated rings. The number of halogens is 1. The van der Waals surface area contributed by atoms with Gasteiger partial charge in [0.1, 0.15) is 5.69 Å². The van der Waals surface area contributed by atoms with Gasteiger partial charge in [-0.15, -0.1) is 0 Å². The lowest BCUT2D eigenvalue weighted by atomic mass is 9.95. The molecule has 1 amide bonds. The van der Waals surface area contributed by atoms with Crippen LogP contribution in [0.1, 0.15) is 42.5 Å². The molecule has 20 heavy (non-hydrogen) atoms. The van der Waals surface area contributed by atoms with Gasteiger partial charge in [-0.25, -0.2) is 0 Å². The highest BCUT2D eigenvalue weighted by Crippen LogP contribution is 2.31. The second kappa shape index (κ2) is 6.09. The third-order valence-corrected chi connectivity index (χ3v) is 3.82. The molecule has 0 heterocycles. The molecular formula is C13H16ClN3O3. The molecule has 0 aliphatic heterocycles. The Balaban J connectivity index is 2.19. The minimum absolute atomic E-state index is 0.0213. The maximum atomic E-state index is 12.1. The lowest BCUT2D eigenvalue weighted by molar-refractivity contribution is -0.383. The van der Waals surface area contributed by atoms with Gasteiger partial charge in [-0.1, -0.05) is 30.9 Å². The van der Waals surface area contributed by atoms with Crippen molar-refractivity contribution in [1.82, 2.24) is 5.32 Å². The average Bonchev–Trinajstić information content (AvgIpc) is 2.42. The summed E-state index contributed by atoms with van der Waals surface area (Å²) in [6.45, 7) is 0. The van der Waals surface area contributed by atoms with Crippen molar-refractivity contribution in [3.63, 3.8) is 0 Å². The van der Waals surface area contributed by atoms with Crippen LogP contribution in [0.25, 0.3) is 0 Å². The summed E-state index contributed by atoms with van der Waals surface area (Å²) in [6.07, 6.45) is 5.25. The highest BCUT2D eigenvalue weighted by atomic mass is 35.5. The number of carbonyl (C=O) groups is 1. The third-order valence-electron chi connectivity index (χ3n) is 3.51. The molecule has 7 heteroatoms. The summed E-state index contributed by atoms with van der Waals surface area (Å²) in [6, 6.07) is 2.66. The van der Waals surface area contributed by atoms with Crippen LogP contribution < -0.4 is 11.1 Å². The van der Waals surface area contributed by atoms with Gasteiger partial charge < -0.3 is 11.1 Å². The van der Waals surface area contributed by atoms with E-state index in [-0.39, 0.29) is 33.9 Å². The third kappa shape index (κ3) is 3.19. The van der Waals surface area contributed by atoms with Gasteiger partial charge in [-0.05, 0) is 18.9 Å². The van der Waals surface area contributed by atoms with E-state index >= 15 is 0 Å². The Morgan fingerprint density at radius 3 is 2.60 bits per heavy atom. The van der Waals surface area contributed by atoms with Gasteiger partial charge in [0.05, 0.1) is 9.95 Å². The van der Waals surface area contributed by atoms with Crippen molar-refractivity contribution in [3.8, 4) is 0 Å². The van der Waals surface area contributed by atoms with Gasteiger partial charge >= 0.3 is 0 Å². The van der Waals surface area contributed by atoms with Crippen molar-refractivity contribution >= 4 is 28.9 Å². The molecule has 0 radical (unpaired) electrons. The first kappa shape index (κ1) is 14.6. The number of anilines is 1. The van der Waals surface area contributed by atoms with Crippen LogP contribution in [0.2, 0.25) is 5.02 Å². The summed E-state index contributed by atoms with van der Waals surface area (Å²) < 4.78 is 0. The quantitative estimate of drug-likeness (QED) is 0.509. The molecule has 1 aliphatic carbocycles. The van der Waals surface area contributed by atoms with Crippen molar-refractivity contribution in [1.29, 1.82) is 0 Å². The Kier molecular flexibility index (Phi) is 4.44. The molecule has 1 aliphatic rings. The minimum Gasteiger partial charge on any atom is -0.392 e. The van der Waals surface area contributed by atoms with Crippen molar-refractivity contribution in [2.75, 3.05) is 5.73 Å². The normalized spacial score (nSPS) is 15.8. The van der Waals surface area contributed by atoms with Gasteiger partial charge in [0.25, 0.3) is 11.6 Å². The standard InChI is InChI=1S/C13H16ClN3O3/c14-10-6-8(7-11(12(10)15)17(19)20)13(18)16-9-4-2-1-3-5-9/h6-7,9H,1-5,15H2,(H,16,18). The van der Waals surface area contributed by atoms with Gasteiger partial charge in [0.15, 0.2) is 0 Å². The fourth-order valence-electron chi connectivity index (χ4n) is 2.40. The van der Waals surface area contributed by atoms with Gasteiger partial charge in [0, 0.05) is 17.7 Å². The zero-order valence-corrected chi connectivity index (χ0v) is 11.7. The van der Waals surface area contributed by atoms with E-state index in [0.29, 0.717) is 0 Å². The van der Waals surface area contributed by atoms with Gasteiger partial charge in [-0.2, -0.15) is 0 Å². The first-order valence-corrected chi connectivity index (χ1v) is 6.91. The monoisotopic (exact) mass is 297 g/mol. The molecule has 0 aromatic heterocycles. The maximum absolute atomic E-state index is 12.1. The van der Waals surface area contributed by atoms with Crippen LogP contribution in [-0.4, -0.2) is 16.9 Å². The predicted octanol–water partition coefficient (Wildman–Crippen LogP) is 2.89. The average molecular weight is 298 g/mol. The number of nitro groups is 1. The number of benzene rings is 1. The molecule has 1 saturated carbocycles. The van der Waals surface area contributed by atoms with E-state index in [9.17, 15) is 14.9 Å². The van der Waals surface area contributed by atoms with E-state index in [0.717, 1.165) is 25.7 Å². The largest absolute Gasteiger partial charge is 0.392 e. The SMILES string of the molecule is Nc1c(Cl)cc(C(=O)NC2CCCCC2)cc1[N+](=O)[O-]. The zero-order valence-electron chi connectivity index (χ0n) is 10.9. The predicted molar refractivity (Wildman–Crippen MR) is 76.9 cm³/mol. The maximum Gasteiger partial charge on any atom is 0.294 e. The van der Waals surface area contributed by atoms with Crippen LogP contribution in [0.3, 0.4) is 0 Å². The Hall–Kier alpha value is -1.82. The highest BCUT2D eigenvalue weighted by Gasteiger charge is 2.21. The van der Waals surface area contributed by atoms with Gasteiger partial charge in [0.2, 0.25) is 0 Å². The Labute approximate surface area is 121 Å². The number of nitrogen functional groups attached to an aromatic ring is 1. The minimum atomic E-state index is -0.640. The number of nitro benzene ring substituents is 1. The molecule has 0 spiro atoms. The molecule has 2 rings (SSSR count). The molecule has 0 atom stereocenters. The Morgan fingerprint density at radius 1 is 1.35 bits per heavy atom. The fraction of sp³-hybridized carbons (Fsp3) is 0.462. The number of rotatable bonds is 3. The zero-order chi connectivity index (χ0) is 14.7. The molecule has 1 aromatic carbocycles. The fourth-order valence-corrected chi connectivity index (χ4v) is 2.62. The molecule has 0 bridgehead atoms. The highest BCUT2D eigenvalue weighted by molar-refractivity contribution is 6.34. The van der Waals surface area contributed by atoms with E-state index in [1.165, 1.54) is 18.6 Å². The van der Waals surface area contributed by atoms with Crippen LogP contribution >= 0.6 is 11.6 Å². The van der Waals surface area contributed by atoms with E-state index in [2.05, 4.69) is 5.32 Å². The summed E-state index contributed by atoms with van der Waals surface area (Å²) in [7, 11) is 0. The van der Waals surface area contributed by atoms with Crippen molar-refractivity contribution < 1.29 is 9.72 Å². The van der Waals surface area contributed by atoms with E-state index in [1.807, 2.05) is 0 Å². The lowest BCUT2D eigenvalue weighted by Gasteiger charge is -2.22. The van der Waals surface area contributed by atoms with E-state index in [1.54, 1.807) is 0 Å². The van der Waals surface area contributed by atoms with Crippen LogP contribution in [0, 0.1) is 10.1 Å². The summed E-state index contributed by atoms with van der Waals surface area (Å²) in [5.41, 5.74) is 5.24. The Morgan fingerprint density at radius 2 is 2.00 bits per heavy atom. The van der Waals surface area contributed by atoms with Crippen LogP contribution in [0.15, 0.2) is 12.1 Å². The number of hydrogen-bond acceptors (Lipinski definition) is 4. The summed E-state index contributed by atoms with van der Waals surface area (Å²) in [4.78, 5) is 22.4. The van der Waals surface area contributed by atoms with Crippen LogP contribution in [-0.2, 0) is 0 Å². The number of carbonyl (C=O) groups excluding carboxylic acids is 1. The first-order chi connectivity index (χ1) is 9.49. The number of amides is 1. The molecule has 6 nitrogen and oxygen atoms in total. The number of nitrogens with one attached hydrogen (secondary N) is 1. The summed E-state index contributed by atoms with van der Waals surface area (Å²) in [5.74, 6) is -0.345. The number of nitrogens with zero attached hydrogens (tertiary/aromatic N) is 1. The topological polar surface area (TPSA) is 98.3 Å². The molecular weight excluding hydrogens is 282 g/mol. The molecule has 0 unspecified atom stereocenters. The number of hydrogen-bond donors (Lipinski definition) is 2. The number of nitrogens with two attached hydrogens (primary N) is 1. The van der Waals surface area contributed by atoms with Crippen molar-refractivity contribution in [3.05, 3.63) is 32.8 Å². The molecule has 1 aromatic rings.